The van der Waals surface area contributed by atoms with Crippen LogP contribution in [0.3, 0.4) is 0 Å². The zero-order valence-electron chi connectivity index (χ0n) is 8.67. The number of aryl methyl sites for hydroxylation is 1. The average molecular weight is 342 g/mol. The van der Waals surface area contributed by atoms with E-state index in [9.17, 15) is 0 Å². The van der Waals surface area contributed by atoms with Crippen LogP contribution in [0.1, 0.15) is 5.56 Å². The third kappa shape index (κ3) is 2.83. The zero-order valence-corrected chi connectivity index (χ0v) is 11.8. The summed E-state index contributed by atoms with van der Waals surface area (Å²) in [5, 5.41) is 3.26. The molecule has 0 fully saturated rings. The number of hydrogen-bond acceptors (Lipinski definition) is 2. The van der Waals surface area contributed by atoms with E-state index >= 15 is 0 Å². The minimum absolute atomic E-state index is 0.850. The van der Waals surface area contributed by atoms with E-state index in [4.69, 9.17) is 0 Å². The van der Waals surface area contributed by atoms with E-state index in [1.54, 1.807) is 6.20 Å². The van der Waals surface area contributed by atoms with Crippen LogP contribution in [-0.4, -0.2) is 4.98 Å². The summed E-state index contributed by atoms with van der Waals surface area (Å²) in [4.78, 5) is 4.25. The van der Waals surface area contributed by atoms with Gasteiger partial charge in [-0.15, -0.1) is 0 Å². The Bertz CT molecular complexity index is 512. The molecule has 1 heterocycles. The minimum Gasteiger partial charge on any atom is -0.339 e. The van der Waals surface area contributed by atoms with Crippen LogP contribution < -0.4 is 5.32 Å². The van der Waals surface area contributed by atoms with Crippen LogP contribution in [0.25, 0.3) is 0 Å². The summed E-state index contributed by atoms with van der Waals surface area (Å²) in [5.74, 6) is 0.850. The smallest absolute Gasteiger partial charge is 0.130 e. The molecule has 0 unspecified atom stereocenters. The van der Waals surface area contributed by atoms with Crippen molar-refractivity contribution in [3.63, 3.8) is 0 Å². The lowest BCUT2D eigenvalue weighted by molar-refractivity contribution is 1.27. The number of anilines is 2. The fourth-order valence-electron chi connectivity index (χ4n) is 1.33. The fourth-order valence-corrected chi connectivity index (χ4v) is 2.48. The van der Waals surface area contributed by atoms with Gasteiger partial charge in [0.15, 0.2) is 0 Å². The van der Waals surface area contributed by atoms with E-state index in [-0.39, 0.29) is 0 Å². The lowest BCUT2D eigenvalue weighted by Gasteiger charge is -2.08. The second kappa shape index (κ2) is 4.97. The van der Waals surface area contributed by atoms with Crippen molar-refractivity contribution in [3.05, 3.63) is 51.0 Å². The van der Waals surface area contributed by atoms with Gasteiger partial charge in [-0.25, -0.2) is 4.98 Å². The monoisotopic (exact) mass is 340 g/mol. The summed E-state index contributed by atoms with van der Waals surface area (Å²) < 4.78 is 2.05. The molecule has 0 saturated heterocycles. The molecule has 2 rings (SSSR count). The topological polar surface area (TPSA) is 24.9 Å². The second-order valence-electron chi connectivity index (χ2n) is 3.47. The molecule has 0 spiro atoms. The number of nitrogens with one attached hydrogen (secondary N) is 1. The lowest BCUT2D eigenvalue weighted by atomic mass is 10.3. The van der Waals surface area contributed by atoms with Crippen molar-refractivity contribution in [3.8, 4) is 0 Å². The molecular formula is C12H10Br2N2. The fraction of sp³-hybridized carbons (Fsp3) is 0.0833. The van der Waals surface area contributed by atoms with E-state index in [1.807, 2.05) is 37.3 Å². The van der Waals surface area contributed by atoms with Crippen LogP contribution >= 0.6 is 31.9 Å². The van der Waals surface area contributed by atoms with E-state index in [0.29, 0.717) is 0 Å². The molecular weight excluding hydrogens is 332 g/mol. The maximum atomic E-state index is 4.25. The van der Waals surface area contributed by atoms with Gasteiger partial charge in [0, 0.05) is 15.1 Å². The summed E-state index contributed by atoms with van der Waals surface area (Å²) in [6.45, 7) is 2.05. The number of pyridine rings is 1. The summed E-state index contributed by atoms with van der Waals surface area (Å²) >= 11 is 6.92. The lowest BCUT2D eigenvalue weighted by Crippen LogP contribution is -1.94. The predicted octanol–water partition coefficient (Wildman–Crippen LogP) is 4.66. The first-order chi connectivity index (χ1) is 7.65. The van der Waals surface area contributed by atoms with Crippen LogP contribution in [0.15, 0.2) is 45.5 Å². The highest BCUT2D eigenvalue weighted by molar-refractivity contribution is 9.11. The highest BCUT2D eigenvalue weighted by Gasteiger charge is 2.01. The van der Waals surface area contributed by atoms with Crippen molar-refractivity contribution in [2.24, 2.45) is 0 Å². The van der Waals surface area contributed by atoms with Gasteiger partial charge in [0.1, 0.15) is 5.82 Å². The molecule has 1 aromatic heterocycles. The van der Waals surface area contributed by atoms with Crippen LogP contribution in [0.5, 0.6) is 0 Å². The van der Waals surface area contributed by atoms with Gasteiger partial charge in [0.2, 0.25) is 0 Å². The quantitative estimate of drug-likeness (QED) is 0.859. The summed E-state index contributed by atoms with van der Waals surface area (Å²) in [6.07, 6.45) is 1.80. The molecule has 1 N–H and O–H groups in total. The van der Waals surface area contributed by atoms with E-state index in [1.165, 1.54) is 5.56 Å². The van der Waals surface area contributed by atoms with Gasteiger partial charge in [-0.05, 0) is 58.7 Å². The first kappa shape index (κ1) is 11.6. The van der Waals surface area contributed by atoms with E-state index < -0.39 is 0 Å². The predicted molar refractivity (Wildman–Crippen MR) is 74.1 cm³/mol. The molecule has 0 aliphatic carbocycles. The third-order valence-electron chi connectivity index (χ3n) is 2.11. The van der Waals surface area contributed by atoms with Crippen molar-refractivity contribution < 1.29 is 0 Å². The summed E-state index contributed by atoms with van der Waals surface area (Å²) in [7, 11) is 0. The third-order valence-corrected chi connectivity index (χ3v) is 3.26. The van der Waals surface area contributed by atoms with Gasteiger partial charge in [-0.2, -0.15) is 0 Å². The Morgan fingerprint density at radius 1 is 1.12 bits per heavy atom. The number of halogens is 2. The van der Waals surface area contributed by atoms with Crippen molar-refractivity contribution in [1.82, 2.24) is 4.98 Å². The number of rotatable bonds is 2. The van der Waals surface area contributed by atoms with Crippen molar-refractivity contribution >= 4 is 43.4 Å². The van der Waals surface area contributed by atoms with Crippen LogP contribution in [0, 0.1) is 6.92 Å². The molecule has 16 heavy (non-hydrogen) atoms. The second-order valence-corrected chi connectivity index (χ2v) is 5.24. The Morgan fingerprint density at radius 3 is 2.62 bits per heavy atom. The maximum absolute atomic E-state index is 4.25. The molecule has 4 heteroatoms. The average Bonchev–Trinajstić information content (AvgIpc) is 2.22. The summed E-state index contributed by atoms with van der Waals surface area (Å²) in [5.41, 5.74) is 2.19. The van der Waals surface area contributed by atoms with Crippen LogP contribution in [-0.2, 0) is 0 Å². The number of hydrogen-bond donors (Lipinski definition) is 1. The molecule has 0 atom stereocenters. The molecule has 0 saturated carbocycles. The van der Waals surface area contributed by atoms with E-state index in [0.717, 1.165) is 20.5 Å². The summed E-state index contributed by atoms with van der Waals surface area (Å²) in [6, 6.07) is 9.97. The Labute approximate surface area is 111 Å². The van der Waals surface area contributed by atoms with Crippen molar-refractivity contribution in [1.29, 1.82) is 0 Å². The molecule has 0 radical (unpaired) electrons. The molecule has 0 aliphatic rings. The first-order valence-corrected chi connectivity index (χ1v) is 6.38. The molecule has 2 nitrogen and oxygen atoms in total. The van der Waals surface area contributed by atoms with Gasteiger partial charge in [-0.3, -0.25) is 0 Å². The SMILES string of the molecule is Cc1ccnc(Nc2ccc(Br)cc2Br)c1. The molecule has 0 aliphatic heterocycles. The molecule has 0 amide bonds. The number of aromatic nitrogens is 1. The van der Waals surface area contributed by atoms with Gasteiger partial charge < -0.3 is 5.32 Å². The van der Waals surface area contributed by atoms with Gasteiger partial charge in [0.25, 0.3) is 0 Å². The minimum atomic E-state index is 0.850. The Kier molecular flexibility index (Phi) is 3.61. The van der Waals surface area contributed by atoms with Gasteiger partial charge in [-0.1, -0.05) is 15.9 Å². The van der Waals surface area contributed by atoms with Crippen LogP contribution in [0.2, 0.25) is 0 Å². The van der Waals surface area contributed by atoms with Crippen molar-refractivity contribution in [2.45, 2.75) is 6.92 Å². The Morgan fingerprint density at radius 2 is 1.94 bits per heavy atom. The molecule has 2 aromatic rings. The number of nitrogens with zero attached hydrogens (tertiary/aromatic N) is 1. The Hall–Kier alpha value is -0.870. The molecule has 1 aromatic carbocycles. The van der Waals surface area contributed by atoms with E-state index in [2.05, 4.69) is 42.2 Å². The maximum Gasteiger partial charge on any atom is 0.130 e. The molecule has 82 valence electrons. The highest BCUT2D eigenvalue weighted by Crippen LogP contribution is 2.28. The first-order valence-electron chi connectivity index (χ1n) is 4.80. The normalized spacial score (nSPS) is 10.2. The van der Waals surface area contributed by atoms with Crippen LogP contribution in [0.4, 0.5) is 11.5 Å². The number of benzene rings is 1. The van der Waals surface area contributed by atoms with Gasteiger partial charge >= 0.3 is 0 Å². The van der Waals surface area contributed by atoms with Crippen molar-refractivity contribution in [2.75, 3.05) is 5.32 Å². The zero-order chi connectivity index (χ0) is 11.5. The largest absolute Gasteiger partial charge is 0.339 e. The standard InChI is InChI=1S/C12H10Br2N2/c1-8-4-5-15-12(6-8)16-11-3-2-9(13)7-10(11)14/h2-7H,1H3,(H,15,16). The highest BCUT2D eigenvalue weighted by atomic mass is 79.9. The van der Waals surface area contributed by atoms with Gasteiger partial charge in [0.05, 0.1) is 5.69 Å². The molecule has 0 bridgehead atoms. The Balaban J connectivity index is 2.27.